The third-order valence-electron chi connectivity index (χ3n) is 4.42. The third-order valence-corrected chi connectivity index (χ3v) is 4.42. The molecule has 0 aliphatic carbocycles. The van der Waals surface area contributed by atoms with E-state index in [-0.39, 0.29) is 25.4 Å². The first kappa shape index (κ1) is 19.0. The molecule has 3 aliphatic rings. The van der Waals surface area contributed by atoms with Crippen LogP contribution in [0.4, 0.5) is 0 Å². The predicted octanol–water partition coefficient (Wildman–Crippen LogP) is -0.0666. The van der Waals surface area contributed by atoms with Gasteiger partial charge in [0.25, 0.3) is 0 Å². The van der Waals surface area contributed by atoms with Crippen molar-refractivity contribution in [3.05, 3.63) is 0 Å². The van der Waals surface area contributed by atoms with Crippen LogP contribution in [0, 0.1) is 0 Å². The maximum absolute atomic E-state index is 11.4. The van der Waals surface area contributed by atoms with Crippen LogP contribution < -0.4 is 0 Å². The molecule has 7 unspecified atom stereocenters. The molecule has 1 N–H and O–H groups in total. The lowest BCUT2D eigenvalue weighted by molar-refractivity contribution is -0.303. The normalized spacial score (nSPS) is 43.5. The van der Waals surface area contributed by atoms with E-state index in [1.807, 2.05) is 13.8 Å². The summed E-state index contributed by atoms with van der Waals surface area (Å²) >= 11 is 0. The van der Waals surface area contributed by atoms with Crippen molar-refractivity contribution in [3.63, 3.8) is 0 Å². The van der Waals surface area contributed by atoms with Gasteiger partial charge in [-0.1, -0.05) is 0 Å². The van der Waals surface area contributed by atoms with Crippen molar-refractivity contribution in [1.29, 1.82) is 0 Å². The molecule has 0 bridgehead atoms. The molecule has 3 heterocycles. The van der Waals surface area contributed by atoms with Gasteiger partial charge < -0.3 is 38.3 Å². The molecule has 3 saturated heterocycles. The average molecular weight is 362 g/mol. The van der Waals surface area contributed by atoms with E-state index < -0.39 is 42.6 Å². The molecule has 3 fully saturated rings. The highest BCUT2D eigenvalue weighted by Gasteiger charge is 2.48. The molecule has 3 aliphatic heterocycles. The highest BCUT2D eigenvalue weighted by atomic mass is 16.8. The fourth-order valence-electron chi connectivity index (χ4n) is 3.31. The summed E-state index contributed by atoms with van der Waals surface area (Å²) in [6, 6.07) is 0. The van der Waals surface area contributed by atoms with E-state index in [0.717, 1.165) is 0 Å². The number of carbonyl (C=O) groups excluding carboxylic acids is 1. The summed E-state index contributed by atoms with van der Waals surface area (Å²) in [6.45, 7) is 5.34. The van der Waals surface area contributed by atoms with Gasteiger partial charge in [-0.15, -0.1) is 0 Å². The molecular weight excluding hydrogens is 336 g/mol. The molecule has 9 nitrogen and oxygen atoms in total. The molecule has 0 amide bonds. The quantitative estimate of drug-likeness (QED) is 0.689. The van der Waals surface area contributed by atoms with Gasteiger partial charge in [-0.05, 0) is 13.8 Å². The van der Waals surface area contributed by atoms with Gasteiger partial charge in [0.15, 0.2) is 24.5 Å². The Morgan fingerprint density at radius 1 is 1.20 bits per heavy atom. The fourth-order valence-corrected chi connectivity index (χ4v) is 3.31. The molecule has 0 aromatic heterocycles. The highest BCUT2D eigenvalue weighted by molar-refractivity contribution is 5.66. The Morgan fingerprint density at radius 3 is 2.64 bits per heavy atom. The third kappa shape index (κ3) is 4.30. The zero-order valence-electron chi connectivity index (χ0n) is 14.9. The minimum atomic E-state index is -1.05. The van der Waals surface area contributed by atoms with Crippen molar-refractivity contribution >= 4 is 5.97 Å². The van der Waals surface area contributed by atoms with Gasteiger partial charge in [-0.25, -0.2) is 0 Å². The number of ether oxygens (including phenoxy) is 7. The van der Waals surface area contributed by atoms with E-state index in [0.29, 0.717) is 6.42 Å². The first-order valence-electron chi connectivity index (χ1n) is 8.41. The van der Waals surface area contributed by atoms with Gasteiger partial charge in [0.1, 0.15) is 18.3 Å². The van der Waals surface area contributed by atoms with E-state index in [4.69, 9.17) is 33.2 Å². The highest BCUT2D eigenvalue weighted by Crippen LogP contribution is 2.35. The van der Waals surface area contributed by atoms with Crippen molar-refractivity contribution in [3.8, 4) is 0 Å². The summed E-state index contributed by atoms with van der Waals surface area (Å²) in [5.74, 6) is -1.24. The van der Waals surface area contributed by atoms with Crippen LogP contribution in [0.1, 0.15) is 27.2 Å². The number of hydrogen-bond donors (Lipinski definition) is 1. The predicted molar refractivity (Wildman–Crippen MR) is 81.4 cm³/mol. The number of aliphatic hydroxyl groups excluding tert-OH is 1. The zero-order chi connectivity index (χ0) is 18.2. The number of rotatable bonds is 4. The van der Waals surface area contributed by atoms with Crippen LogP contribution >= 0.6 is 0 Å². The molecule has 0 spiro atoms. The number of esters is 1. The Bertz CT molecular complexity index is 482. The summed E-state index contributed by atoms with van der Waals surface area (Å²) in [7, 11) is 1.46. The van der Waals surface area contributed by atoms with Crippen LogP contribution in [0.25, 0.3) is 0 Å². The van der Waals surface area contributed by atoms with Gasteiger partial charge in [0.2, 0.25) is 0 Å². The summed E-state index contributed by atoms with van der Waals surface area (Å²) in [5.41, 5.74) is 0. The van der Waals surface area contributed by atoms with E-state index >= 15 is 0 Å². The van der Waals surface area contributed by atoms with Crippen LogP contribution in [0.3, 0.4) is 0 Å². The van der Waals surface area contributed by atoms with Gasteiger partial charge >= 0.3 is 5.97 Å². The van der Waals surface area contributed by atoms with E-state index in [1.54, 1.807) is 0 Å². The van der Waals surface area contributed by atoms with Gasteiger partial charge in [-0.2, -0.15) is 0 Å². The molecule has 3 rings (SSSR count). The standard InChI is InChI=1S/C16H26O9/c1-8(17)22-13-12(18)11(19-4)7-21-15(13)23-9-5-10-14(20-6-9)25-16(2,3)24-10/h9-15,18H,5-7H2,1-4H3. The Labute approximate surface area is 146 Å². The minimum Gasteiger partial charge on any atom is -0.454 e. The number of carbonyl (C=O) groups is 1. The summed E-state index contributed by atoms with van der Waals surface area (Å²) in [4.78, 5) is 11.4. The van der Waals surface area contributed by atoms with E-state index in [9.17, 15) is 9.90 Å². The van der Waals surface area contributed by atoms with Gasteiger partial charge in [-0.3, -0.25) is 4.79 Å². The molecule has 25 heavy (non-hydrogen) atoms. The smallest absolute Gasteiger partial charge is 0.303 e. The van der Waals surface area contributed by atoms with Crippen LogP contribution in [0.5, 0.6) is 0 Å². The number of fused-ring (bicyclic) bond motifs is 1. The van der Waals surface area contributed by atoms with Crippen LogP contribution in [-0.4, -0.2) is 80.3 Å². The molecule has 0 aromatic rings. The molecule has 0 saturated carbocycles. The Hall–Kier alpha value is -0.810. The molecule has 0 aromatic carbocycles. The van der Waals surface area contributed by atoms with E-state index in [2.05, 4.69) is 0 Å². The number of methoxy groups -OCH3 is 1. The van der Waals surface area contributed by atoms with Crippen molar-refractivity contribution in [2.45, 2.75) is 76.1 Å². The Balaban J connectivity index is 1.61. The fraction of sp³-hybridized carbons (Fsp3) is 0.938. The summed E-state index contributed by atoms with van der Waals surface area (Å²) in [6.07, 6.45) is -4.00. The van der Waals surface area contributed by atoms with Crippen molar-refractivity contribution in [2.75, 3.05) is 20.3 Å². The molecule has 144 valence electrons. The number of hydrogen-bond acceptors (Lipinski definition) is 9. The monoisotopic (exact) mass is 362 g/mol. The SMILES string of the molecule is COC1COC(OC2COC3OC(C)(C)OC3C2)C(OC(C)=O)C1O. The van der Waals surface area contributed by atoms with Crippen molar-refractivity contribution in [1.82, 2.24) is 0 Å². The largest absolute Gasteiger partial charge is 0.454 e. The van der Waals surface area contributed by atoms with Gasteiger partial charge in [0.05, 0.1) is 19.3 Å². The molecular formula is C16H26O9. The Kier molecular flexibility index (Phi) is 5.64. The first-order chi connectivity index (χ1) is 11.8. The first-order valence-corrected chi connectivity index (χ1v) is 8.41. The summed E-state index contributed by atoms with van der Waals surface area (Å²) in [5, 5.41) is 10.4. The summed E-state index contributed by atoms with van der Waals surface area (Å²) < 4.78 is 39.0. The van der Waals surface area contributed by atoms with Crippen LogP contribution in [0.15, 0.2) is 0 Å². The molecule has 9 heteroatoms. The second-order valence-corrected chi connectivity index (χ2v) is 6.91. The second-order valence-electron chi connectivity index (χ2n) is 6.91. The van der Waals surface area contributed by atoms with E-state index in [1.165, 1.54) is 14.0 Å². The van der Waals surface area contributed by atoms with Crippen LogP contribution in [-0.2, 0) is 38.0 Å². The lowest BCUT2D eigenvalue weighted by Gasteiger charge is -2.40. The molecule has 0 radical (unpaired) electrons. The maximum Gasteiger partial charge on any atom is 0.303 e. The minimum absolute atomic E-state index is 0.131. The average Bonchev–Trinajstić information content (AvgIpc) is 2.84. The maximum atomic E-state index is 11.4. The van der Waals surface area contributed by atoms with Crippen molar-refractivity contribution in [2.24, 2.45) is 0 Å². The Morgan fingerprint density at radius 2 is 1.96 bits per heavy atom. The molecule has 7 atom stereocenters. The lowest BCUT2D eigenvalue weighted by Crippen LogP contribution is -2.57. The second kappa shape index (κ2) is 7.43. The van der Waals surface area contributed by atoms with Crippen molar-refractivity contribution < 1.29 is 43.1 Å². The topological polar surface area (TPSA) is 102 Å². The number of aliphatic hydroxyl groups is 1. The zero-order valence-corrected chi connectivity index (χ0v) is 14.9. The van der Waals surface area contributed by atoms with Gasteiger partial charge in [0, 0.05) is 20.5 Å². The lowest BCUT2D eigenvalue weighted by atomic mass is 10.0. The van der Waals surface area contributed by atoms with Crippen LogP contribution in [0.2, 0.25) is 0 Å².